The number of hydrogen-bond acceptors (Lipinski definition) is 5. The van der Waals surface area contributed by atoms with E-state index in [2.05, 4.69) is 0 Å². The molecule has 1 aliphatic rings. The minimum Gasteiger partial charge on any atom is -0.468 e. The van der Waals surface area contributed by atoms with Crippen molar-refractivity contribution < 1.29 is 21.3 Å². The quantitative estimate of drug-likeness (QED) is 0.739. The van der Waals surface area contributed by atoms with E-state index in [4.69, 9.17) is 16.0 Å². The van der Waals surface area contributed by atoms with Gasteiger partial charge in [0.2, 0.25) is 10.0 Å². The van der Waals surface area contributed by atoms with Gasteiger partial charge in [-0.15, -0.1) is 0 Å². The first-order valence-electron chi connectivity index (χ1n) is 7.72. The number of furan rings is 1. The molecule has 1 aliphatic heterocycles. The standard InChI is InChI=1S/C16H18ClNO5S2/c17-14-4-1-3-13(9-14)11-25(21,22)18-7-6-16(10-18)24(19,20)12-15-5-2-8-23-15/h1-5,8-9,16H,6-7,10-12H2/t16-/m1/s1. The van der Waals surface area contributed by atoms with Crippen LogP contribution in [-0.2, 0) is 31.4 Å². The topological polar surface area (TPSA) is 84.7 Å². The summed E-state index contributed by atoms with van der Waals surface area (Å²) < 4.78 is 56.4. The third-order valence-corrected chi connectivity index (χ3v) is 8.31. The lowest BCUT2D eigenvalue weighted by Crippen LogP contribution is -2.33. The van der Waals surface area contributed by atoms with Gasteiger partial charge in [-0.05, 0) is 36.2 Å². The molecule has 2 heterocycles. The van der Waals surface area contributed by atoms with Crippen LogP contribution in [0.15, 0.2) is 47.1 Å². The van der Waals surface area contributed by atoms with Crippen LogP contribution in [0.25, 0.3) is 0 Å². The summed E-state index contributed by atoms with van der Waals surface area (Å²) in [5.41, 5.74) is 0.578. The summed E-state index contributed by atoms with van der Waals surface area (Å²) in [6, 6.07) is 9.87. The van der Waals surface area contributed by atoms with Crippen molar-refractivity contribution in [3.8, 4) is 0 Å². The smallest absolute Gasteiger partial charge is 0.218 e. The zero-order chi connectivity index (χ0) is 18.1. The number of hydrogen-bond donors (Lipinski definition) is 0. The second-order valence-electron chi connectivity index (χ2n) is 6.04. The zero-order valence-electron chi connectivity index (χ0n) is 13.3. The molecule has 9 heteroatoms. The monoisotopic (exact) mass is 403 g/mol. The highest BCUT2D eigenvalue weighted by Crippen LogP contribution is 2.25. The lowest BCUT2D eigenvalue weighted by molar-refractivity contribution is 0.475. The fourth-order valence-electron chi connectivity index (χ4n) is 2.88. The molecule has 3 rings (SSSR count). The molecule has 136 valence electrons. The molecule has 0 amide bonds. The van der Waals surface area contributed by atoms with E-state index in [-0.39, 0.29) is 31.0 Å². The summed E-state index contributed by atoms with van der Waals surface area (Å²) in [6.45, 7) is 0.177. The summed E-state index contributed by atoms with van der Waals surface area (Å²) in [5, 5.41) is -0.250. The molecule has 1 atom stereocenters. The maximum atomic E-state index is 12.6. The SMILES string of the molecule is O=S(=O)(Cc1ccco1)[C@@H]1CCN(S(=O)(=O)Cc2cccc(Cl)c2)C1. The van der Waals surface area contributed by atoms with Crippen molar-refractivity contribution in [3.63, 3.8) is 0 Å². The highest BCUT2D eigenvalue weighted by molar-refractivity contribution is 7.91. The van der Waals surface area contributed by atoms with Gasteiger partial charge in [0, 0.05) is 18.1 Å². The minimum absolute atomic E-state index is 0.0219. The Kier molecular flexibility index (Phi) is 5.24. The van der Waals surface area contributed by atoms with Crippen LogP contribution in [0.1, 0.15) is 17.7 Å². The normalized spacial score (nSPS) is 19.3. The van der Waals surface area contributed by atoms with Crippen LogP contribution in [0.3, 0.4) is 0 Å². The number of halogens is 1. The van der Waals surface area contributed by atoms with E-state index in [1.54, 1.807) is 36.4 Å². The van der Waals surface area contributed by atoms with Gasteiger partial charge in [-0.3, -0.25) is 0 Å². The molecule has 0 N–H and O–H groups in total. The van der Waals surface area contributed by atoms with E-state index in [0.717, 1.165) is 0 Å². The molecule has 1 fully saturated rings. The van der Waals surface area contributed by atoms with Crippen molar-refractivity contribution in [2.75, 3.05) is 13.1 Å². The Morgan fingerprint density at radius 3 is 2.60 bits per heavy atom. The molecule has 2 aromatic rings. The maximum absolute atomic E-state index is 12.6. The van der Waals surface area contributed by atoms with Gasteiger partial charge >= 0.3 is 0 Å². The Morgan fingerprint density at radius 2 is 1.92 bits per heavy atom. The minimum atomic E-state index is -3.60. The van der Waals surface area contributed by atoms with Gasteiger partial charge in [0.05, 0.1) is 17.3 Å². The van der Waals surface area contributed by atoms with Gasteiger partial charge < -0.3 is 4.42 Å². The summed E-state index contributed by atoms with van der Waals surface area (Å²) >= 11 is 5.89. The van der Waals surface area contributed by atoms with Crippen LogP contribution in [-0.4, -0.2) is 39.5 Å². The van der Waals surface area contributed by atoms with Crippen molar-refractivity contribution in [1.82, 2.24) is 4.31 Å². The van der Waals surface area contributed by atoms with Gasteiger partial charge in [0.1, 0.15) is 11.5 Å². The van der Waals surface area contributed by atoms with Crippen LogP contribution >= 0.6 is 11.6 Å². The van der Waals surface area contributed by atoms with Gasteiger partial charge in [-0.2, -0.15) is 0 Å². The average molecular weight is 404 g/mol. The molecular formula is C16H18ClNO5S2. The Labute approximate surface area is 152 Å². The van der Waals surface area contributed by atoms with Crippen LogP contribution in [0.5, 0.6) is 0 Å². The predicted molar refractivity (Wildman–Crippen MR) is 95.4 cm³/mol. The van der Waals surface area contributed by atoms with Crippen molar-refractivity contribution in [2.24, 2.45) is 0 Å². The first-order chi connectivity index (χ1) is 11.8. The largest absolute Gasteiger partial charge is 0.468 e. The van der Waals surface area contributed by atoms with Crippen LogP contribution in [0, 0.1) is 0 Å². The van der Waals surface area contributed by atoms with E-state index < -0.39 is 25.1 Å². The molecule has 0 radical (unpaired) electrons. The van der Waals surface area contributed by atoms with E-state index in [1.807, 2.05) is 0 Å². The van der Waals surface area contributed by atoms with E-state index >= 15 is 0 Å². The Morgan fingerprint density at radius 1 is 1.12 bits per heavy atom. The molecule has 1 aromatic carbocycles. The van der Waals surface area contributed by atoms with Gasteiger partial charge in [-0.1, -0.05) is 23.7 Å². The molecular weight excluding hydrogens is 386 g/mol. The van der Waals surface area contributed by atoms with Crippen molar-refractivity contribution in [2.45, 2.75) is 23.2 Å². The van der Waals surface area contributed by atoms with Crippen molar-refractivity contribution >= 4 is 31.5 Å². The Bertz CT molecular complexity index is 939. The van der Waals surface area contributed by atoms with Gasteiger partial charge in [0.25, 0.3) is 0 Å². The number of benzene rings is 1. The second-order valence-corrected chi connectivity index (χ2v) is 10.7. The molecule has 0 saturated carbocycles. The highest BCUT2D eigenvalue weighted by Gasteiger charge is 2.38. The lowest BCUT2D eigenvalue weighted by atomic mass is 10.2. The fourth-order valence-corrected chi connectivity index (χ4v) is 6.43. The first kappa shape index (κ1) is 18.4. The Hall–Kier alpha value is -1.35. The van der Waals surface area contributed by atoms with Gasteiger partial charge in [0.15, 0.2) is 9.84 Å². The third kappa shape index (κ3) is 4.44. The molecule has 0 bridgehead atoms. The maximum Gasteiger partial charge on any atom is 0.218 e. The number of nitrogens with zero attached hydrogens (tertiary/aromatic N) is 1. The van der Waals surface area contributed by atoms with Crippen molar-refractivity contribution in [3.05, 3.63) is 59.0 Å². The number of sulfonamides is 1. The van der Waals surface area contributed by atoms with Gasteiger partial charge in [-0.25, -0.2) is 21.1 Å². The summed E-state index contributed by atoms with van der Waals surface area (Å²) in [5.74, 6) is -0.0500. The second kappa shape index (κ2) is 7.11. The molecule has 1 aromatic heterocycles. The molecule has 6 nitrogen and oxygen atoms in total. The zero-order valence-corrected chi connectivity index (χ0v) is 15.7. The van der Waals surface area contributed by atoms with Crippen LogP contribution < -0.4 is 0 Å². The van der Waals surface area contributed by atoms with E-state index in [9.17, 15) is 16.8 Å². The molecule has 0 unspecified atom stereocenters. The lowest BCUT2D eigenvalue weighted by Gasteiger charge is -2.17. The average Bonchev–Trinajstić information content (AvgIpc) is 3.17. The van der Waals surface area contributed by atoms with E-state index in [1.165, 1.54) is 10.6 Å². The van der Waals surface area contributed by atoms with Crippen molar-refractivity contribution in [1.29, 1.82) is 0 Å². The highest BCUT2D eigenvalue weighted by atomic mass is 35.5. The predicted octanol–water partition coefficient (Wildman–Crippen LogP) is 2.45. The fraction of sp³-hybridized carbons (Fsp3) is 0.375. The summed E-state index contributed by atoms with van der Waals surface area (Å²) in [6.07, 6.45) is 1.71. The molecule has 0 aliphatic carbocycles. The summed E-state index contributed by atoms with van der Waals surface area (Å²) in [4.78, 5) is 0. The first-order valence-corrected chi connectivity index (χ1v) is 11.4. The molecule has 1 saturated heterocycles. The van der Waals surface area contributed by atoms with Crippen LogP contribution in [0.2, 0.25) is 5.02 Å². The third-order valence-electron chi connectivity index (χ3n) is 4.17. The number of rotatable bonds is 6. The Balaban J connectivity index is 1.69. The molecule has 25 heavy (non-hydrogen) atoms. The van der Waals surface area contributed by atoms with Crippen LogP contribution in [0.4, 0.5) is 0 Å². The number of sulfone groups is 1. The summed E-state index contributed by atoms with van der Waals surface area (Å²) in [7, 11) is -7.07. The van der Waals surface area contributed by atoms with E-state index in [0.29, 0.717) is 16.3 Å². The molecule has 0 spiro atoms.